The van der Waals surface area contributed by atoms with Gasteiger partial charge >= 0.3 is 0 Å². The van der Waals surface area contributed by atoms with Crippen molar-refractivity contribution in [3.8, 4) is 0 Å². The first-order valence-electron chi connectivity index (χ1n) is 5.65. The van der Waals surface area contributed by atoms with Crippen molar-refractivity contribution in [2.45, 2.75) is 52.9 Å². The smallest absolute Gasteiger partial charge is 0.0829 e. The summed E-state index contributed by atoms with van der Waals surface area (Å²) in [4.78, 5) is 0. The Bertz CT molecular complexity index is 253. The fourth-order valence-corrected chi connectivity index (χ4v) is 2.38. The van der Waals surface area contributed by atoms with Crippen LogP contribution in [0, 0.1) is 5.92 Å². The minimum Gasteiger partial charge on any atom is -0.411 e. The third kappa shape index (κ3) is 2.37. The van der Waals surface area contributed by atoms with Crippen molar-refractivity contribution in [1.29, 1.82) is 0 Å². The molecule has 0 aliphatic heterocycles. The van der Waals surface area contributed by atoms with Crippen LogP contribution in [0.1, 0.15) is 52.9 Å². The molecule has 0 saturated carbocycles. The monoisotopic (exact) mass is 195 g/mol. The lowest BCUT2D eigenvalue weighted by Gasteiger charge is -2.25. The summed E-state index contributed by atoms with van der Waals surface area (Å²) >= 11 is 0. The van der Waals surface area contributed by atoms with Crippen LogP contribution in [0.4, 0.5) is 0 Å². The predicted molar refractivity (Wildman–Crippen MR) is 59.8 cm³/mol. The van der Waals surface area contributed by atoms with Gasteiger partial charge in [-0.1, -0.05) is 37.9 Å². The van der Waals surface area contributed by atoms with Crippen LogP contribution in [0.3, 0.4) is 0 Å². The first kappa shape index (κ1) is 11.3. The van der Waals surface area contributed by atoms with Crippen LogP contribution in [-0.2, 0) is 0 Å². The Balaban J connectivity index is 2.95. The molecule has 2 heteroatoms. The van der Waals surface area contributed by atoms with E-state index >= 15 is 0 Å². The highest BCUT2D eigenvalue weighted by Gasteiger charge is 2.21. The summed E-state index contributed by atoms with van der Waals surface area (Å²) < 4.78 is 0. The van der Waals surface area contributed by atoms with Gasteiger partial charge in [0.2, 0.25) is 0 Å². The summed E-state index contributed by atoms with van der Waals surface area (Å²) in [5.74, 6) is 0.637. The minimum atomic E-state index is 0.637. The zero-order chi connectivity index (χ0) is 10.6. The van der Waals surface area contributed by atoms with Crippen LogP contribution in [0.5, 0.6) is 0 Å². The Labute approximate surface area is 86.7 Å². The molecule has 1 aliphatic rings. The lowest BCUT2D eigenvalue weighted by atomic mass is 9.81. The molecule has 2 nitrogen and oxygen atoms in total. The third-order valence-corrected chi connectivity index (χ3v) is 2.94. The molecule has 1 N–H and O–H groups in total. The average Bonchev–Trinajstić information content (AvgIpc) is 2.17. The second-order valence-electron chi connectivity index (χ2n) is 4.25. The fourth-order valence-electron chi connectivity index (χ4n) is 2.38. The molecule has 1 aliphatic carbocycles. The van der Waals surface area contributed by atoms with Gasteiger partial charge in [-0.15, -0.1) is 0 Å². The van der Waals surface area contributed by atoms with Crippen molar-refractivity contribution in [2.24, 2.45) is 11.1 Å². The molecule has 14 heavy (non-hydrogen) atoms. The number of hydrogen-bond donors (Lipinski definition) is 1. The normalized spacial score (nSPS) is 25.9. The Hall–Kier alpha value is -0.790. The summed E-state index contributed by atoms with van der Waals surface area (Å²) in [5, 5.41) is 12.4. The van der Waals surface area contributed by atoms with Crippen molar-refractivity contribution in [3.63, 3.8) is 0 Å². The quantitative estimate of drug-likeness (QED) is 0.540. The molecular weight excluding hydrogens is 174 g/mol. The van der Waals surface area contributed by atoms with Crippen LogP contribution >= 0.6 is 0 Å². The van der Waals surface area contributed by atoms with E-state index in [1.165, 1.54) is 24.0 Å². The van der Waals surface area contributed by atoms with Crippen LogP contribution < -0.4 is 0 Å². The first-order chi connectivity index (χ1) is 6.72. The van der Waals surface area contributed by atoms with Gasteiger partial charge in [0.05, 0.1) is 5.71 Å². The van der Waals surface area contributed by atoms with E-state index in [0.29, 0.717) is 5.92 Å². The number of allylic oxidation sites excluding steroid dienone is 2. The first-order valence-corrected chi connectivity index (χ1v) is 5.65. The van der Waals surface area contributed by atoms with Crippen molar-refractivity contribution in [1.82, 2.24) is 0 Å². The van der Waals surface area contributed by atoms with Gasteiger partial charge in [0, 0.05) is 0 Å². The standard InChI is InChI=1S/C12H21NO/c1-4-6-10-7-9(3)8-12(13-14)11(10)5-2/h9,14H,4-8H2,1-3H3/b13-12+. The van der Waals surface area contributed by atoms with Crippen LogP contribution in [0.25, 0.3) is 0 Å². The highest BCUT2D eigenvalue weighted by Crippen LogP contribution is 2.31. The van der Waals surface area contributed by atoms with Crippen LogP contribution in [-0.4, -0.2) is 10.9 Å². The molecule has 0 saturated heterocycles. The summed E-state index contributed by atoms with van der Waals surface area (Å²) in [6, 6.07) is 0. The van der Waals surface area contributed by atoms with E-state index < -0.39 is 0 Å². The summed E-state index contributed by atoms with van der Waals surface area (Å²) in [6.07, 6.45) is 5.47. The van der Waals surface area contributed by atoms with Gasteiger partial charge in [0.15, 0.2) is 0 Å². The molecule has 0 spiro atoms. The topological polar surface area (TPSA) is 32.6 Å². The molecule has 0 aromatic heterocycles. The van der Waals surface area contributed by atoms with Gasteiger partial charge in [0.1, 0.15) is 0 Å². The van der Waals surface area contributed by atoms with E-state index in [9.17, 15) is 0 Å². The average molecular weight is 195 g/mol. The molecule has 0 amide bonds. The van der Waals surface area contributed by atoms with E-state index in [4.69, 9.17) is 5.21 Å². The largest absolute Gasteiger partial charge is 0.411 e. The van der Waals surface area contributed by atoms with Gasteiger partial charge in [-0.05, 0) is 37.2 Å². The summed E-state index contributed by atoms with van der Waals surface area (Å²) in [7, 11) is 0. The Morgan fingerprint density at radius 1 is 1.36 bits per heavy atom. The van der Waals surface area contributed by atoms with E-state index in [1.807, 2.05) is 0 Å². The highest BCUT2D eigenvalue weighted by atomic mass is 16.4. The summed E-state index contributed by atoms with van der Waals surface area (Å²) in [5.41, 5.74) is 3.75. The Morgan fingerprint density at radius 2 is 2.07 bits per heavy atom. The minimum absolute atomic E-state index is 0.637. The highest BCUT2D eigenvalue weighted by molar-refractivity contribution is 6.01. The third-order valence-electron chi connectivity index (χ3n) is 2.94. The number of rotatable bonds is 3. The Kier molecular flexibility index (Phi) is 4.18. The number of hydrogen-bond acceptors (Lipinski definition) is 2. The van der Waals surface area contributed by atoms with Gasteiger partial charge in [-0.3, -0.25) is 0 Å². The maximum atomic E-state index is 8.95. The van der Waals surface area contributed by atoms with Crippen molar-refractivity contribution in [3.05, 3.63) is 11.1 Å². The molecule has 1 unspecified atom stereocenters. The molecule has 1 atom stereocenters. The van der Waals surface area contributed by atoms with Crippen molar-refractivity contribution < 1.29 is 5.21 Å². The molecule has 0 heterocycles. The number of nitrogens with zero attached hydrogens (tertiary/aromatic N) is 1. The predicted octanol–water partition coefficient (Wildman–Crippen LogP) is 3.75. The van der Waals surface area contributed by atoms with Crippen LogP contribution in [0.2, 0.25) is 0 Å². The van der Waals surface area contributed by atoms with E-state index in [-0.39, 0.29) is 0 Å². The molecule has 80 valence electrons. The fraction of sp³-hybridized carbons (Fsp3) is 0.750. The molecule has 1 rings (SSSR count). The molecule has 0 radical (unpaired) electrons. The molecule has 0 aromatic rings. The molecule has 0 aromatic carbocycles. The molecule has 0 bridgehead atoms. The maximum Gasteiger partial charge on any atom is 0.0829 e. The van der Waals surface area contributed by atoms with Gasteiger partial charge in [0.25, 0.3) is 0 Å². The van der Waals surface area contributed by atoms with Gasteiger partial charge < -0.3 is 5.21 Å². The SMILES string of the molecule is CCCC1=C(CC)/C(=N/O)CC(C)C1. The van der Waals surface area contributed by atoms with Crippen LogP contribution in [0.15, 0.2) is 16.3 Å². The molecular formula is C12H21NO. The second-order valence-corrected chi connectivity index (χ2v) is 4.25. The van der Waals surface area contributed by atoms with Gasteiger partial charge in [-0.25, -0.2) is 0 Å². The zero-order valence-corrected chi connectivity index (χ0v) is 9.51. The van der Waals surface area contributed by atoms with Crippen molar-refractivity contribution >= 4 is 5.71 Å². The van der Waals surface area contributed by atoms with Gasteiger partial charge in [-0.2, -0.15) is 0 Å². The Morgan fingerprint density at radius 3 is 2.57 bits per heavy atom. The summed E-state index contributed by atoms with van der Waals surface area (Å²) in [6.45, 7) is 6.58. The zero-order valence-electron chi connectivity index (χ0n) is 9.51. The van der Waals surface area contributed by atoms with E-state index in [2.05, 4.69) is 25.9 Å². The van der Waals surface area contributed by atoms with E-state index in [0.717, 1.165) is 25.0 Å². The molecule has 0 fully saturated rings. The lowest BCUT2D eigenvalue weighted by Crippen LogP contribution is -2.17. The van der Waals surface area contributed by atoms with E-state index in [1.54, 1.807) is 0 Å². The van der Waals surface area contributed by atoms with Crippen molar-refractivity contribution in [2.75, 3.05) is 0 Å². The second kappa shape index (κ2) is 5.18. The maximum absolute atomic E-state index is 8.95. The number of oxime groups is 1. The lowest BCUT2D eigenvalue weighted by molar-refractivity contribution is 0.315.